The van der Waals surface area contributed by atoms with Crippen LogP contribution in [0.1, 0.15) is 48.5 Å². The molecule has 0 spiro atoms. The van der Waals surface area contributed by atoms with Crippen molar-refractivity contribution >= 4 is 17.5 Å². The van der Waals surface area contributed by atoms with E-state index in [0.29, 0.717) is 31.4 Å². The highest BCUT2D eigenvalue weighted by Crippen LogP contribution is 2.25. The van der Waals surface area contributed by atoms with E-state index < -0.39 is 17.9 Å². The zero-order valence-corrected chi connectivity index (χ0v) is 13.4. The Labute approximate surface area is 136 Å². The lowest BCUT2D eigenvalue weighted by molar-refractivity contribution is -0.139. The van der Waals surface area contributed by atoms with E-state index in [0.717, 1.165) is 18.4 Å². The normalized spacial score (nSPS) is 18.8. The van der Waals surface area contributed by atoms with Crippen LogP contribution in [0.3, 0.4) is 0 Å². The maximum atomic E-state index is 12.3. The predicted molar refractivity (Wildman–Crippen MR) is 86.5 cm³/mol. The summed E-state index contributed by atoms with van der Waals surface area (Å²) in [4.78, 5) is 35.2. The Balaban J connectivity index is 2.02. The topological polar surface area (TPSA) is 83.5 Å². The molecule has 0 saturated heterocycles. The third-order valence-electron chi connectivity index (χ3n) is 4.24. The Kier molecular flexibility index (Phi) is 6.04. The van der Waals surface area contributed by atoms with E-state index in [-0.39, 0.29) is 11.6 Å². The van der Waals surface area contributed by atoms with Gasteiger partial charge in [-0.1, -0.05) is 31.2 Å². The summed E-state index contributed by atoms with van der Waals surface area (Å²) in [5, 5.41) is 12.2. The highest BCUT2D eigenvalue weighted by Gasteiger charge is 2.31. The van der Waals surface area contributed by atoms with Crippen molar-refractivity contribution in [3.63, 3.8) is 0 Å². The van der Waals surface area contributed by atoms with E-state index in [9.17, 15) is 19.5 Å². The fourth-order valence-corrected chi connectivity index (χ4v) is 2.90. The number of Topliss-reactive ketones (excluding diaryl/α,β-unsaturated/α-hetero) is 2. The summed E-state index contributed by atoms with van der Waals surface area (Å²) in [6.07, 6.45) is 3.16. The molecule has 1 aliphatic carbocycles. The van der Waals surface area contributed by atoms with Crippen LogP contribution < -0.4 is 5.32 Å². The zero-order valence-electron chi connectivity index (χ0n) is 13.4. The standard InChI is InChI=1S/C18H23NO4/c1-2-10-19-15(18(22)23)11-12-6-8-13(9-7-12)17(21)14-4-3-5-16(14)20/h6-9,14-15,19H,2-5,10-11H2,1H3,(H,22,23). The van der Waals surface area contributed by atoms with Crippen molar-refractivity contribution < 1.29 is 19.5 Å². The number of carboxylic acids is 1. The van der Waals surface area contributed by atoms with Gasteiger partial charge in [0.05, 0.1) is 5.92 Å². The summed E-state index contributed by atoms with van der Waals surface area (Å²) in [5.41, 5.74) is 1.39. The van der Waals surface area contributed by atoms with Gasteiger partial charge >= 0.3 is 5.97 Å². The van der Waals surface area contributed by atoms with Crippen LogP contribution in [-0.4, -0.2) is 35.2 Å². The summed E-state index contributed by atoms with van der Waals surface area (Å²) in [7, 11) is 0. The molecule has 1 aromatic carbocycles. The molecule has 2 N–H and O–H groups in total. The number of ketones is 2. The van der Waals surface area contributed by atoms with Crippen molar-refractivity contribution in [2.45, 2.75) is 45.1 Å². The van der Waals surface area contributed by atoms with Gasteiger partial charge in [-0.3, -0.25) is 14.4 Å². The van der Waals surface area contributed by atoms with Crippen LogP contribution in [0.2, 0.25) is 0 Å². The van der Waals surface area contributed by atoms with Gasteiger partial charge in [-0.15, -0.1) is 0 Å². The van der Waals surface area contributed by atoms with E-state index in [1.54, 1.807) is 24.3 Å². The van der Waals surface area contributed by atoms with Gasteiger partial charge in [-0.05, 0) is 37.8 Å². The third-order valence-corrected chi connectivity index (χ3v) is 4.24. The van der Waals surface area contributed by atoms with Crippen LogP contribution in [0.15, 0.2) is 24.3 Å². The fourth-order valence-electron chi connectivity index (χ4n) is 2.90. The molecule has 5 nitrogen and oxygen atoms in total. The lowest BCUT2D eigenvalue weighted by atomic mass is 9.94. The maximum absolute atomic E-state index is 12.3. The first kappa shape index (κ1) is 17.3. The first-order chi connectivity index (χ1) is 11.0. The largest absolute Gasteiger partial charge is 0.480 e. The zero-order chi connectivity index (χ0) is 16.8. The van der Waals surface area contributed by atoms with Crippen molar-refractivity contribution in [3.05, 3.63) is 35.4 Å². The second-order valence-corrected chi connectivity index (χ2v) is 6.02. The van der Waals surface area contributed by atoms with E-state index in [1.807, 2.05) is 6.92 Å². The second kappa shape index (κ2) is 8.02. The van der Waals surface area contributed by atoms with Crippen LogP contribution >= 0.6 is 0 Å². The molecule has 124 valence electrons. The van der Waals surface area contributed by atoms with Crippen molar-refractivity contribution in [2.24, 2.45) is 5.92 Å². The number of hydrogen-bond acceptors (Lipinski definition) is 4. The van der Waals surface area contributed by atoms with Crippen LogP contribution in [-0.2, 0) is 16.0 Å². The average molecular weight is 317 g/mol. The number of nitrogens with one attached hydrogen (secondary N) is 1. The smallest absolute Gasteiger partial charge is 0.321 e. The third kappa shape index (κ3) is 4.48. The summed E-state index contributed by atoms with van der Waals surface area (Å²) in [6.45, 7) is 2.63. The molecule has 0 aliphatic heterocycles. The molecular weight excluding hydrogens is 294 g/mol. The molecular formula is C18H23NO4. The summed E-state index contributed by atoms with van der Waals surface area (Å²) in [5.74, 6) is -1.44. The highest BCUT2D eigenvalue weighted by molar-refractivity contribution is 6.11. The lowest BCUT2D eigenvalue weighted by Gasteiger charge is -2.14. The van der Waals surface area contributed by atoms with Crippen LogP contribution in [0.25, 0.3) is 0 Å². The van der Waals surface area contributed by atoms with Gasteiger partial charge in [0.2, 0.25) is 0 Å². The number of aliphatic carboxylic acids is 1. The molecule has 0 bridgehead atoms. The molecule has 2 atom stereocenters. The van der Waals surface area contributed by atoms with Gasteiger partial charge in [-0.2, -0.15) is 0 Å². The number of carbonyl (C=O) groups excluding carboxylic acids is 2. The molecule has 1 fully saturated rings. The van der Waals surface area contributed by atoms with Crippen LogP contribution in [0.5, 0.6) is 0 Å². The van der Waals surface area contributed by atoms with Gasteiger partial charge in [0, 0.05) is 12.0 Å². The predicted octanol–water partition coefficient (Wildman–Crippen LogP) is 2.23. The van der Waals surface area contributed by atoms with Crippen molar-refractivity contribution in [2.75, 3.05) is 6.54 Å². The minimum atomic E-state index is -0.879. The number of carbonyl (C=O) groups is 3. The SMILES string of the molecule is CCCNC(Cc1ccc(C(=O)C2CCCC2=O)cc1)C(=O)O. The number of benzene rings is 1. The van der Waals surface area contributed by atoms with E-state index in [4.69, 9.17) is 0 Å². The van der Waals surface area contributed by atoms with Crippen LogP contribution in [0, 0.1) is 5.92 Å². The van der Waals surface area contributed by atoms with E-state index in [1.165, 1.54) is 0 Å². The Morgan fingerprint density at radius 1 is 1.30 bits per heavy atom. The van der Waals surface area contributed by atoms with Gasteiger partial charge in [0.1, 0.15) is 11.8 Å². The minimum Gasteiger partial charge on any atom is -0.480 e. The Morgan fingerprint density at radius 2 is 2.00 bits per heavy atom. The average Bonchev–Trinajstić information content (AvgIpc) is 2.97. The van der Waals surface area contributed by atoms with Gasteiger partial charge in [0.25, 0.3) is 0 Å². The second-order valence-electron chi connectivity index (χ2n) is 6.02. The number of rotatable bonds is 8. The molecule has 0 heterocycles. The van der Waals surface area contributed by atoms with Crippen molar-refractivity contribution in [1.82, 2.24) is 5.32 Å². The van der Waals surface area contributed by atoms with Gasteiger partial charge in [-0.25, -0.2) is 0 Å². The molecule has 0 radical (unpaired) electrons. The van der Waals surface area contributed by atoms with Crippen molar-refractivity contribution in [1.29, 1.82) is 0 Å². The Bertz CT molecular complexity index is 579. The van der Waals surface area contributed by atoms with Gasteiger partial charge in [0.15, 0.2) is 5.78 Å². The monoisotopic (exact) mass is 317 g/mol. The number of hydrogen-bond donors (Lipinski definition) is 2. The fraction of sp³-hybridized carbons (Fsp3) is 0.500. The Morgan fingerprint density at radius 3 is 2.52 bits per heavy atom. The summed E-state index contributed by atoms with van der Waals surface area (Å²) in [6, 6.07) is 6.31. The molecule has 1 aliphatic rings. The maximum Gasteiger partial charge on any atom is 0.321 e. The first-order valence-electron chi connectivity index (χ1n) is 8.15. The van der Waals surface area contributed by atoms with E-state index in [2.05, 4.69) is 5.32 Å². The molecule has 5 heteroatoms. The molecule has 1 saturated carbocycles. The molecule has 1 aromatic rings. The van der Waals surface area contributed by atoms with Crippen molar-refractivity contribution in [3.8, 4) is 0 Å². The summed E-state index contributed by atoms with van der Waals surface area (Å²) >= 11 is 0. The lowest BCUT2D eigenvalue weighted by Crippen LogP contribution is -2.38. The highest BCUT2D eigenvalue weighted by atomic mass is 16.4. The first-order valence-corrected chi connectivity index (χ1v) is 8.15. The Hall–Kier alpha value is -2.01. The quantitative estimate of drug-likeness (QED) is 0.567. The molecule has 0 amide bonds. The summed E-state index contributed by atoms with van der Waals surface area (Å²) < 4.78 is 0. The molecule has 23 heavy (non-hydrogen) atoms. The van der Waals surface area contributed by atoms with E-state index >= 15 is 0 Å². The van der Waals surface area contributed by atoms with Crippen LogP contribution in [0.4, 0.5) is 0 Å². The van der Waals surface area contributed by atoms with Gasteiger partial charge < -0.3 is 10.4 Å². The molecule has 2 rings (SSSR count). The molecule has 2 unspecified atom stereocenters. The minimum absolute atomic E-state index is 0.0359. The number of carboxylic acid groups (broad SMARTS) is 1. The molecule has 0 aromatic heterocycles.